The monoisotopic (exact) mass is 368 g/mol. The molecule has 132 valence electrons. The Labute approximate surface area is 155 Å². The first-order chi connectivity index (χ1) is 12.5. The Morgan fingerprint density at radius 1 is 1.27 bits per heavy atom. The van der Waals surface area contributed by atoms with Crippen molar-refractivity contribution in [2.75, 3.05) is 12.0 Å². The number of fused-ring (bicyclic) bond motifs is 1. The van der Waals surface area contributed by atoms with Crippen LogP contribution in [0.25, 0.3) is 10.9 Å². The molecule has 0 bridgehead atoms. The molecule has 0 aliphatic rings. The fourth-order valence-corrected chi connectivity index (χ4v) is 2.55. The standard InChI is InChI=1S/C19H16ClN3O3/c1-12(13-3-2-4-15(9-13)26-11-19(24)25)22-23-17-7-8-21-18-10-14(20)5-6-16(17)18/h2-10H,11H2,1H3,(H,21,23)(H,24,25)/p-1/b22-12-. The van der Waals surface area contributed by atoms with Crippen molar-refractivity contribution in [1.29, 1.82) is 0 Å². The van der Waals surface area contributed by atoms with Gasteiger partial charge in [-0.15, -0.1) is 0 Å². The number of nitrogens with zero attached hydrogens (tertiary/aromatic N) is 2. The van der Waals surface area contributed by atoms with E-state index in [4.69, 9.17) is 16.3 Å². The second kappa shape index (κ2) is 7.84. The van der Waals surface area contributed by atoms with E-state index in [-0.39, 0.29) is 0 Å². The number of aromatic nitrogens is 1. The van der Waals surface area contributed by atoms with E-state index in [9.17, 15) is 9.90 Å². The first kappa shape index (κ1) is 17.7. The lowest BCUT2D eigenvalue weighted by molar-refractivity contribution is -0.307. The molecular formula is C19H15ClN3O3-. The van der Waals surface area contributed by atoms with Crippen molar-refractivity contribution in [1.82, 2.24) is 4.98 Å². The van der Waals surface area contributed by atoms with Gasteiger partial charge in [-0.2, -0.15) is 5.10 Å². The minimum absolute atomic E-state index is 0.435. The van der Waals surface area contributed by atoms with Crippen molar-refractivity contribution in [3.8, 4) is 5.75 Å². The SMILES string of the molecule is C/C(=N/Nc1ccnc2cc(Cl)ccc12)c1cccc(OCC(=O)[O-])c1. The zero-order valence-electron chi connectivity index (χ0n) is 13.9. The van der Waals surface area contributed by atoms with E-state index in [1.165, 1.54) is 0 Å². The predicted octanol–water partition coefficient (Wildman–Crippen LogP) is 2.85. The molecule has 7 heteroatoms. The molecule has 3 rings (SSSR count). The summed E-state index contributed by atoms with van der Waals surface area (Å²) in [6.45, 7) is 1.34. The van der Waals surface area contributed by atoms with Crippen molar-refractivity contribution in [2.45, 2.75) is 6.92 Å². The van der Waals surface area contributed by atoms with Gasteiger partial charge >= 0.3 is 0 Å². The Bertz CT molecular complexity index is 989. The highest BCUT2D eigenvalue weighted by molar-refractivity contribution is 6.31. The van der Waals surface area contributed by atoms with Crippen LogP contribution < -0.4 is 15.3 Å². The first-order valence-corrected chi connectivity index (χ1v) is 8.18. The van der Waals surface area contributed by atoms with Crippen LogP contribution >= 0.6 is 11.6 Å². The first-order valence-electron chi connectivity index (χ1n) is 7.80. The average Bonchev–Trinajstić information content (AvgIpc) is 2.64. The van der Waals surface area contributed by atoms with Crippen LogP contribution in [-0.4, -0.2) is 23.3 Å². The van der Waals surface area contributed by atoms with Gasteiger partial charge in [0, 0.05) is 22.2 Å². The van der Waals surface area contributed by atoms with E-state index in [1.54, 1.807) is 36.5 Å². The second-order valence-corrected chi connectivity index (χ2v) is 5.95. The smallest absolute Gasteiger partial charge is 0.128 e. The van der Waals surface area contributed by atoms with Gasteiger partial charge in [-0.1, -0.05) is 23.7 Å². The summed E-state index contributed by atoms with van der Waals surface area (Å²) in [6, 6.07) is 14.3. The maximum absolute atomic E-state index is 10.5. The van der Waals surface area contributed by atoms with Gasteiger partial charge in [-0.25, -0.2) is 0 Å². The highest BCUT2D eigenvalue weighted by atomic mass is 35.5. The van der Waals surface area contributed by atoms with Crippen molar-refractivity contribution in [2.24, 2.45) is 5.10 Å². The molecular weight excluding hydrogens is 354 g/mol. The van der Waals surface area contributed by atoms with Crippen molar-refractivity contribution in [3.63, 3.8) is 0 Å². The number of carboxylic acid groups (broad SMARTS) is 1. The molecule has 0 fully saturated rings. The topological polar surface area (TPSA) is 86.6 Å². The van der Waals surface area contributed by atoms with Gasteiger partial charge in [-0.05, 0) is 43.3 Å². The van der Waals surface area contributed by atoms with Crippen molar-refractivity contribution in [3.05, 3.63) is 65.3 Å². The number of nitrogens with one attached hydrogen (secondary N) is 1. The molecule has 0 aliphatic carbocycles. The second-order valence-electron chi connectivity index (χ2n) is 5.52. The number of halogens is 1. The Balaban J connectivity index is 1.81. The quantitative estimate of drug-likeness (QED) is 0.534. The summed E-state index contributed by atoms with van der Waals surface area (Å²) in [5.74, 6) is -0.836. The van der Waals surface area contributed by atoms with Crippen LogP contribution in [0.5, 0.6) is 5.75 Å². The molecule has 0 radical (unpaired) electrons. The molecule has 0 aliphatic heterocycles. The summed E-state index contributed by atoms with van der Waals surface area (Å²) in [5.41, 5.74) is 6.12. The molecule has 1 N–H and O–H groups in total. The van der Waals surface area contributed by atoms with Crippen LogP contribution in [0.1, 0.15) is 12.5 Å². The lowest BCUT2D eigenvalue weighted by Crippen LogP contribution is -2.28. The van der Waals surface area contributed by atoms with Gasteiger partial charge in [0.05, 0.1) is 22.9 Å². The molecule has 1 aromatic heterocycles. The number of ether oxygens (including phenoxy) is 1. The number of anilines is 1. The number of pyridine rings is 1. The van der Waals surface area contributed by atoms with E-state index in [1.807, 2.05) is 25.1 Å². The average molecular weight is 369 g/mol. The maximum Gasteiger partial charge on any atom is 0.128 e. The van der Waals surface area contributed by atoms with Gasteiger partial charge in [0.15, 0.2) is 0 Å². The lowest BCUT2D eigenvalue weighted by Gasteiger charge is -2.09. The summed E-state index contributed by atoms with van der Waals surface area (Å²) in [6.07, 6.45) is 1.68. The number of hydrazone groups is 1. The van der Waals surface area contributed by atoms with E-state index < -0.39 is 12.6 Å². The number of carbonyl (C=O) groups excluding carboxylic acids is 1. The zero-order valence-corrected chi connectivity index (χ0v) is 14.7. The summed E-state index contributed by atoms with van der Waals surface area (Å²) >= 11 is 6.00. The molecule has 2 aromatic carbocycles. The molecule has 26 heavy (non-hydrogen) atoms. The Hall–Kier alpha value is -3.12. The number of hydrogen-bond donors (Lipinski definition) is 1. The van der Waals surface area contributed by atoms with E-state index in [2.05, 4.69) is 15.5 Å². The number of carbonyl (C=O) groups is 1. The molecule has 1 heterocycles. The summed E-state index contributed by atoms with van der Waals surface area (Å²) in [5, 5.41) is 16.4. The Kier molecular flexibility index (Phi) is 5.34. The van der Waals surface area contributed by atoms with Crippen LogP contribution in [0.3, 0.4) is 0 Å². The molecule has 0 unspecified atom stereocenters. The number of benzene rings is 2. The third-order valence-corrected chi connectivity index (χ3v) is 3.89. The normalized spacial score (nSPS) is 11.4. The van der Waals surface area contributed by atoms with Crippen molar-refractivity contribution < 1.29 is 14.6 Å². The van der Waals surface area contributed by atoms with Crippen LogP contribution in [0.4, 0.5) is 5.69 Å². The molecule has 0 atom stereocenters. The van der Waals surface area contributed by atoms with Crippen molar-refractivity contribution >= 4 is 39.9 Å². The largest absolute Gasteiger partial charge is 0.546 e. The highest BCUT2D eigenvalue weighted by Gasteiger charge is 2.04. The predicted molar refractivity (Wildman–Crippen MR) is 99.5 cm³/mol. The van der Waals surface area contributed by atoms with Crippen LogP contribution in [0.15, 0.2) is 59.8 Å². The van der Waals surface area contributed by atoms with Gasteiger partial charge in [0.25, 0.3) is 0 Å². The minimum atomic E-state index is -1.27. The zero-order chi connectivity index (χ0) is 18.5. The molecule has 0 spiro atoms. The molecule has 0 amide bonds. The maximum atomic E-state index is 10.5. The fourth-order valence-electron chi connectivity index (χ4n) is 2.38. The number of aliphatic carboxylic acids is 1. The third kappa shape index (κ3) is 4.29. The minimum Gasteiger partial charge on any atom is -0.546 e. The van der Waals surface area contributed by atoms with Gasteiger partial charge in [0.1, 0.15) is 12.4 Å². The van der Waals surface area contributed by atoms with Gasteiger partial charge < -0.3 is 14.6 Å². The molecule has 0 saturated carbocycles. The summed E-state index contributed by atoms with van der Waals surface area (Å²) < 4.78 is 5.13. The van der Waals surface area contributed by atoms with E-state index in [0.29, 0.717) is 16.5 Å². The van der Waals surface area contributed by atoms with Crippen LogP contribution in [-0.2, 0) is 4.79 Å². The fraction of sp³-hybridized carbons (Fsp3) is 0.105. The Morgan fingerprint density at radius 2 is 2.12 bits per heavy atom. The highest BCUT2D eigenvalue weighted by Crippen LogP contribution is 2.24. The number of carboxylic acids is 1. The van der Waals surface area contributed by atoms with E-state index in [0.717, 1.165) is 22.2 Å². The third-order valence-electron chi connectivity index (χ3n) is 3.66. The van der Waals surface area contributed by atoms with Gasteiger partial charge in [-0.3, -0.25) is 10.4 Å². The Morgan fingerprint density at radius 3 is 2.92 bits per heavy atom. The van der Waals surface area contributed by atoms with Gasteiger partial charge in [0.2, 0.25) is 0 Å². The van der Waals surface area contributed by atoms with E-state index >= 15 is 0 Å². The summed E-state index contributed by atoms with van der Waals surface area (Å²) in [4.78, 5) is 14.8. The van der Waals surface area contributed by atoms with Crippen LogP contribution in [0.2, 0.25) is 5.02 Å². The number of rotatable bonds is 6. The van der Waals surface area contributed by atoms with Crippen LogP contribution in [0, 0.1) is 0 Å². The number of hydrogen-bond acceptors (Lipinski definition) is 6. The molecule has 0 saturated heterocycles. The molecule has 6 nitrogen and oxygen atoms in total. The lowest BCUT2D eigenvalue weighted by atomic mass is 10.1. The molecule has 3 aromatic rings. The summed E-state index contributed by atoms with van der Waals surface area (Å²) in [7, 11) is 0.